The van der Waals surface area contributed by atoms with Crippen molar-refractivity contribution in [3.63, 3.8) is 0 Å². The second-order valence-electron chi connectivity index (χ2n) is 5.46. The molecule has 0 fully saturated rings. The number of fused-ring (bicyclic) bond motifs is 1. The van der Waals surface area contributed by atoms with Gasteiger partial charge in [-0.25, -0.2) is 4.39 Å². The van der Waals surface area contributed by atoms with Gasteiger partial charge in [-0.1, -0.05) is 41.9 Å². The van der Waals surface area contributed by atoms with Gasteiger partial charge in [-0.15, -0.1) is 0 Å². The van der Waals surface area contributed by atoms with Crippen LogP contribution in [0.5, 0.6) is 0 Å². The molecule has 1 nitrogen and oxygen atoms in total. The molecule has 2 aromatic rings. The van der Waals surface area contributed by atoms with E-state index in [9.17, 15) is 9.50 Å². The molecule has 104 valence electrons. The lowest BCUT2D eigenvalue weighted by molar-refractivity contribution is 0.113. The number of aliphatic hydroxyl groups excluding tert-OH is 1. The summed E-state index contributed by atoms with van der Waals surface area (Å²) in [6.07, 6.45) is 1.90. The molecule has 20 heavy (non-hydrogen) atoms. The molecule has 3 heteroatoms. The van der Waals surface area contributed by atoms with Gasteiger partial charge in [0.05, 0.1) is 11.1 Å². The van der Waals surface area contributed by atoms with Crippen molar-refractivity contribution in [2.75, 3.05) is 0 Å². The molecule has 0 radical (unpaired) electrons. The number of hydrogen-bond donors (Lipinski definition) is 1. The van der Waals surface area contributed by atoms with Crippen LogP contribution in [0.1, 0.15) is 16.7 Å². The van der Waals surface area contributed by atoms with Gasteiger partial charge in [-0.3, -0.25) is 0 Å². The van der Waals surface area contributed by atoms with Gasteiger partial charge in [-0.2, -0.15) is 0 Å². The van der Waals surface area contributed by atoms with Crippen LogP contribution in [0.3, 0.4) is 0 Å². The first kappa shape index (κ1) is 13.6. The quantitative estimate of drug-likeness (QED) is 0.912. The molecule has 3 rings (SSSR count). The molecule has 0 amide bonds. The van der Waals surface area contributed by atoms with Gasteiger partial charge in [0.25, 0.3) is 0 Å². The van der Waals surface area contributed by atoms with Crippen molar-refractivity contribution in [2.45, 2.75) is 25.4 Å². The third-order valence-corrected chi connectivity index (χ3v) is 4.35. The third kappa shape index (κ3) is 2.72. The van der Waals surface area contributed by atoms with Crippen molar-refractivity contribution < 1.29 is 9.50 Å². The van der Waals surface area contributed by atoms with Gasteiger partial charge < -0.3 is 5.11 Å². The summed E-state index contributed by atoms with van der Waals surface area (Å²) < 4.78 is 13.1. The van der Waals surface area contributed by atoms with Gasteiger partial charge >= 0.3 is 0 Å². The van der Waals surface area contributed by atoms with E-state index in [0.717, 1.165) is 18.4 Å². The fraction of sp³-hybridized carbons (Fsp3) is 0.294. The van der Waals surface area contributed by atoms with Crippen LogP contribution in [-0.4, -0.2) is 11.2 Å². The largest absolute Gasteiger partial charge is 0.392 e. The number of aliphatic hydroxyl groups is 1. The van der Waals surface area contributed by atoms with E-state index < -0.39 is 11.9 Å². The summed E-state index contributed by atoms with van der Waals surface area (Å²) in [4.78, 5) is 0. The minimum Gasteiger partial charge on any atom is -0.392 e. The van der Waals surface area contributed by atoms with Crippen LogP contribution in [0.4, 0.5) is 4.39 Å². The monoisotopic (exact) mass is 290 g/mol. The maximum Gasteiger partial charge on any atom is 0.141 e. The predicted octanol–water partition coefficient (Wildman–Crippen LogP) is 3.80. The van der Waals surface area contributed by atoms with Crippen LogP contribution < -0.4 is 0 Å². The fourth-order valence-corrected chi connectivity index (χ4v) is 3.14. The molecule has 1 aliphatic carbocycles. The molecule has 0 saturated carbocycles. The Morgan fingerprint density at radius 3 is 2.40 bits per heavy atom. The van der Waals surface area contributed by atoms with Gasteiger partial charge in [0.15, 0.2) is 0 Å². The van der Waals surface area contributed by atoms with Crippen molar-refractivity contribution >= 4 is 11.6 Å². The Labute approximate surface area is 123 Å². The summed E-state index contributed by atoms with van der Waals surface area (Å²) in [7, 11) is 0. The SMILES string of the molecule is OC(Cc1ccc(F)c(Cl)c1)C1Cc2ccccc2C1. The smallest absolute Gasteiger partial charge is 0.141 e. The highest BCUT2D eigenvalue weighted by Crippen LogP contribution is 2.30. The lowest BCUT2D eigenvalue weighted by atomic mass is 9.93. The Kier molecular flexibility index (Phi) is 3.77. The van der Waals surface area contributed by atoms with E-state index in [1.165, 1.54) is 17.2 Å². The van der Waals surface area contributed by atoms with E-state index in [2.05, 4.69) is 12.1 Å². The number of hydrogen-bond acceptors (Lipinski definition) is 1. The second kappa shape index (κ2) is 5.55. The van der Waals surface area contributed by atoms with E-state index in [1.807, 2.05) is 12.1 Å². The topological polar surface area (TPSA) is 20.2 Å². The maximum atomic E-state index is 13.1. The average molecular weight is 291 g/mol. The highest BCUT2D eigenvalue weighted by molar-refractivity contribution is 6.30. The molecule has 0 bridgehead atoms. The van der Waals surface area contributed by atoms with Crippen LogP contribution in [0, 0.1) is 11.7 Å². The summed E-state index contributed by atoms with van der Waals surface area (Å²) >= 11 is 5.77. The van der Waals surface area contributed by atoms with Gasteiger partial charge in [0.2, 0.25) is 0 Å². The first-order valence-corrected chi connectivity index (χ1v) is 7.20. The van der Waals surface area contributed by atoms with Gasteiger partial charge in [0, 0.05) is 0 Å². The molecule has 1 aliphatic rings. The molecule has 0 spiro atoms. The summed E-state index contributed by atoms with van der Waals surface area (Å²) in [6, 6.07) is 13.0. The zero-order chi connectivity index (χ0) is 14.1. The third-order valence-electron chi connectivity index (χ3n) is 4.06. The van der Waals surface area contributed by atoms with E-state index in [-0.39, 0.29) is 10.9 Å². The molecule has 0 heterocycles. The Morgan fingerprint density at radius 1 is 1.15 bits per heavy atom. The first-order valence-electron chi connectivity index (χ1n) is 6.82. The van der Waals surface area contributed by atoms with Crippen LogP contribution in [0.25, 0.3) is 0 Å². The van der Waals surface area contributed by atoms with Crippen LogP contribution in [-0.2, 0) is 19.3 Å². The number of rotatable bonds is 3. The van der Waals surface area contributed by atoms with Gasteiger partial charge in [-0.05, 0) is 54.0 Å². The van der Waals surface area contributed by atoms with Crippen molar-refractivity contribution in [3.8, 4) is 0 Å². The standard InChI is InChI=1S/C17H16ClFO/c18-15-7-11(5-6-16(15)19)8-17(20)14-9-12-3-1-2-4-13(12)10-14/h1-7,14,17,20H,8-10H2. The molecule has 1 unspecified atom stereocenters. The lowest BCUT2D eigenvalue weighted by Gasteiger charge is -2.18. The zero-order valence-electron chi connectivity index (χ0n) is 11.0. The number of halogens is 2. The molecule has 0 aromatic heterocycles. The molecule has 0 saturated heterocycles. The van der Waals surface area contributed by atoms with E-state index in [0.29, 0.717) is 6.42 Å². The average Bonchev–Trinajstić information content (AvgIpc) is 2.87. The van der Waals surface area contributed by atoms with Gasteiger partial charge in [0.1, 0.15) is 5.82 Å². The van der Waals surface area contributed by atoms with Crippen molar-refractivity contribution in [2.24, 2.45) is 5.92 Å². The molecular weight excluding hydrogens is 275 g/mol. The Hall–Kier alpha value is -1.38. The maximum absolute atomic E-state index is 13.1. The molecule has 0 aliphatic heterocycles. The molecule has 1 atom stereocenters. The Balaban J connectivity index is 1.69. The van der Waals surface area contributed by atoms with E-state index >= 15 is 0 Å². The van der Waals surface area contributed by atoms with Crippen LogP contribution in [0.15, 0.2) is 42.5 Å². The highest BCUT2D eigenvalue weighted by Gasteiger charge is 2.27. The molecule has 1 N–H and O–H groups in total. The van der Waals surface area contributed by atoms with Crippen molar-refractivity contribution in [1.29, 1.82) is 0 Å². The first-order chi connectivity index (χ1) is 9.63. The lowest BCUT2D eigenvalue weighted by Crippen LogP contribution is -2.23. The Morgan fingerprint density at radius 2 is 1.80 bits per heavy atom. The van der Waals surface area contributed by atoms with Crippen molar-refractivity contribution in [3.05, 3.63) is 70.0 Å². The molecular formula is C17H16ClFO. The summed E-state index contributed by atoms with van der Waals surface area (Å²) in [5, 5.41) is 10.5. The normalized spacial score (nSPS) is 16.1. The number of benzene rings is 2. The summed E-state index contributed by atoms with van der Waals surface area (Å²) in [5.74, 6) is -0.186. The minimum atomic E-state index is -0.427. The summed E-state index contributed by atoms with van der Waals surface area (Å²) in [6.45, 7) is 0. The predicted molar refractivity (Wildman–Crippen MR) is 78.5 cm³/mol. The molecule has 2 aromatic carbocycles. The van der Waals surface area contributed by atoms with E-state index in [1.54, 1.807) is 12.1 Å². The highest BCUT2D eigenvalue weighted by atomic mass is 35.5. The van der Waals surface area contributed by atoms with Crippen LogP contribution >= 0.6 is 11.6 Å². The second-order valence-corrected chi connectivity index (χ2v) is 5.86. The summed E-state index contributed by atoms with van der Waals surface area (Å²) in [5.41, 5.74) is 3.53. The van der Waals surface area contributed by atoms with Crippen molar-refractivity contribution in [1.82, 2.24) is 0 Å². The fourth-order valence-electron chi connectivity index (χ4n) is 2.94. The zero-order valence-corrected chi connectivity index (χ0v) is 11.8. The Bertz CT molecular complexity index is 601. The van der Waals surface area contributed by atoms with E-state index in [4.69, 9.17) is 11.6 Å². The van der Waals surface area contributed by atoms with Crippen LogP contribution in [0.2, 0.25) is 5.02 Å². The minimum absolute atomic E-state index is 0.115.